The molecule has 2 aliphatic rings. The fourth-order valence-corrected chi connectivity index (χ4v) is 9.79. The van der Waals surface area contributed by atoms with E-state index in [0.717, 1.165) is 96.9 Å². The molecule has 10 nitrogen and oxygen atoms in total. The van der Waals surface area contributed by atoms with Crippen molar-refractivity contribution in [2.45, 2.75) is 129 Å². The number of hydrogen-bond acceptors (Lipinski definition) is 8. The van der Waals surface area contributed by atoms with Gasteiger partial charge in [-0.3, -0.25) is 19.2 Å². The highest BCUT2D eigenvalue weighted by Crippen LogP contribution is 2.44. The van der Waals surface area contributed by atoms with Gasteiger partial charge in [-0.15, -0.1) is 0 Å². The minimum atomic E-state index is -0.360. The lowest BCUT2D eigenvalue weighted by molar-refractivity contribution is -0.135. The smallest absolute Gasteiger partial charge is 0.311 e. The minimum Gasteiger partial charge on any atom is -0.426 e. The van der Waals surface area contributed by atoms with Crippen molar-refractivity contribution in [2.24, 2.45) is 23.7 Å². The molecule has 0 aromatic heterocycles. The van der Waals surface area contributed by atoms with Gasteiger partial charge in [0.15, 0.2) is 0 Å². The molecule has 60 heavy (non-hydrogen) atoms. The van der Waals surface area contributed by atoms with Crippen molar-refractivity contribution in [2.75, 3.05) is 13.2 Å². The Morgan fingerprint density at radius 3 is 1.18 bits per heavy atom. The summed E-state index contributed by atoms with van der Waals surface area (Å²) in [4.78, 5) is 51.4. The average molecular weight is 821 g/mol. The topological polar surface area (TPSA) is 151 Å². The fourth-order valence-electron chi connectivity index (χ4n) is 9.79. The second-order valence-electron chi connectivity index (χ2n) is 17.6. The zero-order valence-corrected chi connectivity index (χ0v) is 35.8. The van der Waals surface area contributed by atoms with E-state index in [1.165, 1.54) is 0 Å². The van der Waals surface area contributed by atoms with Crippen LogP contribution in [0.2, 0.25) is 0 Å². The normalized spacial score (nSPS) is 21.5. The lowest BCUT2D eigenvalue weighted by Gasteiger charge is -2.26. The van der Waals surface area contributed by atoms with E-state index >= 15 is 0 Å². The third kappa shape index (κ3) is 10.4. The molecule has 2 heterocycles. The van der Waals surface area contributed by atoms with Crippen molar-refractivity contribution in [3.05, 3.63) is 83.9 Å². The lowest BCUT2D eigenvalue weighted by atomic mass is 9.77. The predicted molar refractivity (Wildman–Crippen MR) is 235 cm³/mol. The summed E-state index contributed by atoms with van der Waals surface area (Å²) in [5, 5.41) is 29.6. The summed E-state index contributed by atoms with van der Waals surface area (Å²) in [7, 11) is 0. The van der Waals surface area contributed by atoms with Gasteiger partial charge in [-0.1, -0.05) is 140 Å². The fraction of sp³-hybridized carbons (Fsp3) is 0.520. The van der Waals surface area contributed by atoms with E-state index in [1.54, 1.807) is 0 Å². The molecule has 6 rings (SSSR count). The highest BCUT2D eigenvalue weighted by molar-refractivity contribution is 5.96. The third-order valence-electron chi connectivity index (χ3n) is 12.7. The quantitative estimate of drug-likeness (QED) is 0.0370. The average Bonchev–Trinajstić information content (AvgIpc) is 3.76. The first kappa shape index (κ1) is 44.7. The number of nitrogens with one attached hydrogen (secondary N) is 2. The number of unbranched alkanes of at least 4 members (excludes halogenated alkanes) is 9. The molecule has 0 bridgehead atoms. The summed E-state index contributed by atoms with van der Waals surface area (Å²) in [6, 6.07) is 22.4. The van der Waals surface area contributed by atoms with E-state index in [-0.39, 0.29) is 84.6 Å². The Morgan fingerprint density at radius 2 is 0.850 bits per heavy atom. The Labute approximate surface area is 354 Å². The maximum atomic E-state index is 12.9. The van der Waals surface area contributed by atoms with E-state index in [1.807, 2.05) is 100 Å². The zero-order chi connectivity index (χ0) is 42.8. The summed E-state index contributed by atoms with van der Waals surface area (Å²) >= 11 is 0. The molecule has 6 atom stereocenters. The van der Waals surface area contributed by atoms with Gasteiger partial charge in [0.25, 0.3) is 0 Å². The van der Waals surface area contributed by atoms with Gasteiger partial charge in [0.1, 0.15) is 11.5 Å². The van der Waals surface area contributed by atoms with Crippen molar-refractivity contribution in [1.82, 2.24) is 10.6 Å². The molecule has 0 aliphatic carbocycles. The number of aliphatic hydroxyl groups is 2. The molecule has 1 unspecified atom stereocenters. The van der Waals surface area contributed by atoms with E-state index in [9.17, 15) is 29.4 Å². The van der Waals surface area contributed by atoms with Crippen molar-refractivity contribution in [1.29, 1.82) is 0 Å². The standard InChI is InChI=1S/C50H64N2O8/c1-31(2)45-47(39(29-53)51-49(45)57)37-25-27-41(35-21-17-15-19-33(35)37)59-43(55)23-13-11-9-7-5-6-8-10-12-14-24-44(56)60-42-28-26-38(34-20-16-18-22-36(34)42)48-40(30-54)52-50(58)46(48)32(3)4/h15-22,25-28,31-32,39-40,45-48,53-54H,5-14,23-24,29-30H2,1-4H3,(H,51,57)(H,52,58)/t39-,40-,45-,46-,47-,48?/m1/s1. The second kappa shape index (κ2) is 21.1. The monoisotopic (exact) mass is 820 g/mol. The van der Waals surface area contributed by atoms with Crippen LogP contribution in [0.5, 0.6) is 11.5 Å². The second-order valence-corrected chi connectivity index (χ2v) is 17.6. The van der Waals surface area contributed by atoms with Crippen LogP contribution in [0.1, 0.15) is 128 Å². The molecule has 2 aliphatic heterocycles. The van der Waals surface area contributed by atoms with Crippen LogP contribution in [-0.4, -0.2) is 59.3 Å². The van der Waals surface area contributed by atoms with Crippen LogP contribution in [0.4, 0.5) is 0 Å². The van der Waals surface area contributed by atoms with Crippen LogP contribution >= 0.6 is 0 Å². The van der Waals surface area contributed by atoms with Gasteiger partial charge in [-0.2, -0.15) is 0 Å². The predicted octanol–water partition coefficient (Wildman–Crippen LogP) is 8.88. The number of rotatable bonds is 21. The number of fused-ring (bicyclic) bond motifs is 2. The van der Waals surface area contributed by atoms with Crippen molar-refractivity contribution in [3.63, 3.8) is 0 Å². The van der Waals surface area contributed by atoms with Crippen LogP contribution in [0, 0.1) is 23.7 Å². The van der Waals surface area contributed by atoms with Crippen LogP contribution in [0.15, 0.2) is 72.8 Å². The van der Waals surface area contributed by atoms with Crippen LogP contribution < -0.4 is 20.1 Å². The van der Waals surface area contributed by atoms with Crippen molar-refractivity contribution in [3.8, 4) is 11.5 Å². The first-order valence-electron chi connectivity index (χ1n) is 22.3. The first-order chi connectivity index (χ1) is 29.0. The van der Waals surface area contributed by atoms with Crippen molar-refractivity contribution < 1.29 is 38.9 Å². The largest absolute Gasteiger partial charge is 0.426 e. The molecule has 2 fully saturated rings. The van der Waals surface area contributed by atoms with E-state index in [2.05, 4.69) is 10.6 Å². The molecule has 4 N–H and O–H groups in total. The third-order valence-corrected chi connectivity index (χ3v) is 12.7. The lowest BCUT2D eigenvalue weighted by Crippen LogP contribution is -2.31. The molecule has 0 spiro atoms. The molecular weight excluding hydrogens is 757 g/mol. The van der Waals surface area contributed by atoms with Crippen LogP contribution in [-0.2, 0) is 19.2 Å². The maximum absolute atomic E-state index is 12.9. The number of ether oxygens (including phenoxy) is 2. The van der Waals surface area contributed by atoms with Gasteiger partial charge in [0, 0.05) is 47.3 Å². The van der Waals surface area contributed by atoms with Gasteiger partial charge >= 0.3 is 11.9 Å². The highest BCUT2D eigenvalue weighted by atomic mass is 16.5. The van der Waals surface area contributed by atoms with Gasteiger partial charge in [-0.25, -0.2) is 0 Å². The SMILES string of the molecule is CC(C)[C@H]1C(=O)N[C@H](CO)C1c1ccc(OC(=O)CCCCCCCCCCCCC(=O)Oc2ccc([C@H]3[C@@H](C(C)C)C(=O)N[C@@H]3CO)c3ccccc23)c2ccccc12. The number of carbonyl (C=O) groups is 4. The number of carbonyl (C=O) groups excluding carboxylic acids is 4. The van der Waals surface area contributed by atoms with Crippen LogP contribution in [0.25, 0.3) is 21.5 Å². The van der Waals surface area contributed by atoms with Gasteiger partial charge in [0.05, 0.1) is 25.3 Å². The molecule has 4 aromatic carbocycles. The Kier molecular flexibility index (Phi) is 15.8. The first-order valence-corrected chi connectivity index (χ1v) is 22.3. The summed E-state index contributed by atoms with van der Waals surface area (Å²) in [5.74, 6) is -0.176. The van der Waals surface area contributed by atoms with E-state index in [4.69, 9.17) is 9.47 Å². The summed E-state index contributed by atoms with van der Waals surface area (Å²) < 4.78 is 11.7. The Balaban J connectivity index is 0.862. The molecule has 322 valence electrons. The Morgan fingerprint density at radius 1 is 0.517 bits per heavy atom. The molecule has 0 saturated carbocycles. The number of benzene rings is 4. The summed E-state index contributed by atoms with van der Waals surface area (Å²) in [5.41, 5.74) is 1.96. The van der Waals surface area contributed by atoms with E-state index < -0.39 is 0 Å². The molecule has 4 aromatic rings. The van der Waals surface area contributed by atoms with E-state index in [0.29, 0.717) is 24.3 Å². The number of esters is 2. The molecular formula is C50H64N2O8. The summed E-state index contributed by atoms with van der Waals surface area (Å²) in [6.45, 7) is 7.85. The molecule has 0 radical (unpaired) electrons. The van der Waals surface area contributed by atoms with Gasteiger partial charge in [0.2, 0.25) is 11.8 Å². The minimum absolute atomic E-state index is 0.0343. The Hall–Kier alpha value is -4.80. The zero-order valence-electron chi connectivity index (χ0n) is 35.8. The summed E-state index contributed by atoms with van der Waals surface area (Å²) in [6.07, 6.45) is 10.9. The maximum Gasteiger partial charge on any atom is 0.311 e. The van der Waals surface area contributed by atoms with Gasteiger partial charge < -0.3 is 30.3 Å². The number of aliphatic hydroxyl groups excluding tert-OH is 2. The number of amides is 2. The van der Waals surface area contributed by atoms with Crippen LogP contribution in [0.3, 0.4) is 0 Å². The van der Waals surface area contributed by atoms with Gasteiger partial charge in [-0.05, 0) is 58.7 Å². The molecule has 2 amide bonds. The number of hydrogen-bond donors (Lipinski definition) is 4. The Bertz CT molecular complexity index is 1960. The molecule has 2 saturated heterocycles. The van der Waals surface area contributed by atoms with Crippen molar-refractivity contribution >= 4 is 45.3 Å². The molecule has 10 heteroatoms. The highest BCUT2D eigenvalue weighted by Gasteiger charge is 2.46.